The summed E-state index contributed by atoms with van der Waals surface area (Å²) < 4.78 is 51.2. The Hall–Kier alpha value is -2.88. The summed E-state index contributed by atoms with van der Waals surface area (Å²) in [6, 6.07) is 9.06. The monoisotopic (exact) mass is 365 g/mol. The van der Waals surface area contributed by atoms with E-state index in [1.807, 2.05) is 0 Å². The van der Waals surface area contributed by atoms with Crippen LogP contribution in [0, 0.1) is 11.6 Å². The fourth-order valence-electron chi connectivity index (χ4n) is 2.16. The van der Waals surface area contributed by atoms with Crippen LogP contribution in [0.15, 0.2) is 47.4 Å². The molecule has 0 bridgehead atoms. The number of hydrogen-bond donors (Lipinski definition) is 1. The molecule has 0 atom stereocenters. The first-order valence-corrected chi connectivity index (χ1v) is 9.00. The Morgan fingerprint density at radius 2 is 1.84 bits per heavy atom. The van der Waals surface area contributed by atoms with Crippen molar-refractivity contribution in [2.24, 2.45) is 0 Å². The van der Waals surface area contributed by atoms with Gasteiger partial charge in [0.05, 0.1) is 22.8 Å². The summed E-state index contributed by atoms with van der Waals surface area (Å²) in [5.74, 6) is -0.825. The first-order valence-electron chi connectivity index (χ1n) is 7.11. The molecule has 3 aromatic rings. The van der Waals surface area contributed by atoms with Gasteiger partial charge in [-0.2, -0.15) is 4.68 Å². The van der Waals surface area contributed by atoms with Crippen LogP contribution >= 0.6 is 0 Å². The van der Waals surface area contributed by atoms with Gasteiger partial charge in [-0.05, 0) is 52.9 Å². The summed E-state index contributed by atoms with van der Waals surface area (Å²) in [4.78, 5) is 0.172. The second-order valence-electron chi connectivity index (χ2n) is 5.25. The number of hydrogen-bond acceptors (Lipinski definition) is 6. The van der Waals surface area contributed by atoms with Crippen LogP contribution in [-0.2, 0) is 16.4 Å². The molecular formula is C15H13F2N5O2S. The lowest BCUT2D eigenvalue weighted by atomic mass is 10.3. The Labute approximate surface area is 142 Å². The summed E-state index contributed by atoms with van der Waals surface area (Å²) in [6.07, 6.45) is 1.11. The molecular weight excluding hydrogens is 352 g/mol. The van der Waals surface area contributed by atoms with Gasteiger partial charge in [-0.1, -0.05) is 0 Å². The third-order valence-corrected chi connectivity index (χ3v) is 4.54. The van der Waals surface area contributed by atoms with Gasteiger partial charge in [-0.3, -0.25) is 0 Å². The Balaban J connectivity index is 1.82. The van der Waals surface area contributed by atoms with E-state index in [0.717, 1.165) is 24.5 Å². The molecule has 7 nitrogen and oxygen atoms in total. The van der Waals surface area contributed by atoms with Gasteiger partial charge in [0, 0.05) is 6.26 Å². The molecule has 2 aromatic carbocycles. The van der Waals surface area contributed by atoms with Crippen LogP contribution in [0.25, 0.3) is 5.69 Å². The molecule has 0 radical (unpaired) electrons. The van der Waals surface area contributed by atoms with Gasteiger partial charge in [-0.15, -0.1) is 5.10 Å². The molecule has 0 aliphatic heterocycles. The molecule has 0 spiro atoms. The van der Waals surface area contributed by atoms with E-state index in [-0.39, 0.29) is 17.1 Å². The molecule has 0 saturated carbocycles. The topological polar surface area (TPSA) is 89.8 Å². The molecule has 130 valence electrons. The number of nitrogens with zero attached hydrogens (tertiary/aromatic N) is 4. The SMILES string of the molecule is CS(=O)(=O)c1ccc(-n2nnnc2CNc2cc(F)ccc2F)cc1. The predicted molar refractivity (Wildman–Crippen MR) is 85.9 cm³/mol. The Morgan fingerprint density at radius 1 is 1.12 bits per heavy atom. The fraction of sp³-hybridized carbons (Fsp3) is 0.133. The van der Waals surface area contributed by atoms with Gasteiger partial charge in [0.1, 0.15) is 11.6 Å². The first kappa shape index (κ1) is 17.0. The Bertz CT molecular complexity index is 1000. The number of aromatic nitrogens is 4. The molecule has 1 N–H and O–H groups in total. The Morgan fingerprint density at radius 3 is 2.52 bits per heavy atom. The van der Waals surface area contributed by atoms with Crippen molar-refractivity contribution in [3.8, 4) is 5.69 Å². The third-order valence-electron chi connectivity index (χ3n) is 3.41. The number of halogens is 2. The molecule has 10 heteroatoms. The summed E-state index contributed by atoms with van der Waals surface area (Å²) in [5, 5.41) is 14.0. The van der Waals surface area contributed by atoms with Gasteiger partial charge in [0.2, 0.25) is 0 Å². The van der Waals surface area contributed by atoms with Gasteiger partial charge < -0.3 is 5.32 Å². The van der Waals surface area contributed by atoms with Crippen LogP contribution in [0.5, 0.6) is 0 Å². The highest BCUT2D eigenvalue weighted by Crippen LogP contribution is 2.17. The maximum atomic E-state index is 13.6. The molecule has 25 heavy (non-hydrogen) atoms. The van der Waals surface area contributed by atoms with Crippen molar-refractivity contribution in [1.82, 2.24) is 20.2 Å². The number of anilines is 1. The van der Waals surface area contributed by atoms with Gasteiger partial charge in [0.15, 0.2) is 15.7 Å². The van der Waals surface area contributed by atoms with Crippen LogP contribution in [0.3, 0.4) is 0 Å². The van der Waals surface area contributed by atoms with Crippen molar-refractivity contribution in [3.05, 3.63) is 59.9 Å². The van der Waals surface area contributed by atoms with Crippen LogP contribution < -0.4 is 5.32 Å². The molecule has 1 heterocycles. The van der Waals surface area contributed by atoms with E-state index >= 15 is 0 Å². The second kappa shape index (κ2) is 6.55. The fourth-order valence-corrected chi connectivity index (χ4v) is 2.79. The molecule has 0 fully saturated rings. The van der Waals surface area contributed by atoms with Crippen LogP contribution in [0.1, 0.15) is 5.82 Å². The number of rotatable bonds is 5. The molecule has 0 aliphatic carbocycles. The van der Waals surface area contributed by atoms with Crippen molar-refractivity contribution < 1.29 is 17.2 Å². The summed E-state index contributed by atoms with van der Waals surface area (Å²) >= 11 is 0. The average Bonchev–Trinajstić information content (AvgIpc) is 3.03. The lowest BCUT2D eigenvalue weighted by Crippen LogP contribution is -2.10. The highest BCUT2D eigenvalue weighted by Gasteiger charge is 2.12. The highest BCUT2D eigenvalue weighted by atomic mass is 32.2. The minimum atomic E-state index is -3.30. The normalized spacial score (nSPS) is 11.5. The second-order valence-corrected chi connectivity index (χ2v) is 7.27. The maximum absolute atomic E-state index is 13.6. The number of nitrogens with one attached hydrogen (secondary N) is 1. The molecule has 0 saturated heterocycles. The molecule has 3 rings (SSSR count). The minimum Gasteiger partial charge on any atom is -0.375 e. The van der Waals surface area contributed by atoms with Crippen molar-refractivity contribution in [2.45, 2.75) is 11.4 Å². The molecule has 0 aliphatic rings. The van der Waals surface area contributed by atoms with Crippen LogP contribution in [0.2, 0.25) is 0 Å². The van der Waals surface area contributed by atoms with Crippen LogP contribution in [-0.4, -0.2) is 34.9 Å². The number of sulfone groups is 1. The standard InChI is InChI=1S/C15H13F2N5O2S/c1-25(23,24)12-5-3-11(4-6-12)22-15(19-20-21-22)9-18-14-8-10(16)2-7-13(14)17/h2-8,18H,9H2,1H3. The summed E-state index contributed by atoms with van der Waals surface area (Å²) in [5.41, 5.74) is 0.524. The first-order chi connectivity index (χ1) is 11.8. The zero-order valence-electron chi connectivity index (χ0n) is 13.0. The lowest BCUT2D eigenvalue weighted by molar-refractivity contribution is 0.601. The van der Waals surface area contributed by atoms with Crippen molar-refractivity contribution in [3.63, 3.8) is 0 Å². The molecule has 0 amide bonds. The largest absolute Gasteiger partial charge is 0.375 e. The average molecular weight is 365 g/mol. The lowest BCUT2D eigenvalue weighted by Gasteiger charge is -2.08. The Kier molecular flexibility index (Phi) is 4.45. The van der Waals surface area contributed by atoms with Gasteiger partial charge in [-0.25, -0.2) is 17.2 Å². The smallest absolute Gasteiger partial charge is 0.175 e. The maximum Gasteiger partial charge on any atom is 0.175 e. The zero-order chi connectivity index (χ0) is 18.0. The van der Waals surface area contributed by atoms with Crippen molar-refractivity contribution in [1.29, 1.82) is 0 Å². The van der Waals surface area contributed by atoms with E-state index in [1.54, 1.807) is 12.1 Å². The predicted octanol–water partition coefficient (Wildman–Crippen LogP) is 1.96. The highest BCUT2D eigenvalue weighted by molar-refractivity contribution is 7.90. The van der Waals surface area contributed by atoms with Gasteiger partial charge >= 0.3 is 0 Å². The van der Waals surface area contributed by atoms with Gasteiger partial charge in [0.25, 0.3) is 0 Å². The third kappa shape index (κ3) is 3.79. The van der Waals surface area contributed by atoms with Crippen molar-refractivity contribution >= 4 is 15.5 Å². The summed E-state index contributed by atoms with van der Waals surface area (Å²) in [6.45, 7) is 0.0429. The number of benzene rings is 2. The van der Waals surface area contributed by atoms with E-state index in [9.17, 15) is 17.2 Å². The van der Waals surface area contributed by atoms with Crippen LogP contribution in [0.4, 0.5) is 14.5 Å². The summed E-state index contributed by atoms with van der Waals surface area (Å²) in [7, 11) is -3.30. The molecule has 0 unspecified atom stereocenters. The number of tetrazole rings is 1. The zero-order valence-corrected chi connectivity index (χ0v) is 13.8. The van der Waals surface area contributed by atoms with E-state index in [1.165, 1.54) is 16.8 Å². The van der Waals surface area contributed by atoms with E-state index in [4.69, 9.17) is 0 Å². The van der Waals surface area contributed by atoms with E-state index in [0.29, 0.717) is 11.5 Å². The van der Waals surface area contributed by atoms with E-state index in [2.05, 4.69) is 20.8 Å². The quantitative estimate of drug-likeness (QED) is 0.743. The minimum absolute atomic E-state index is 0.0121. The van der Waals surface area contributed by atoms with Crippen molar-refractivity contribution in [2.75, 3.05) is 11.6 Å². The van der Waals surface area contributed by atoms with E-state index < -0.39 is 21.5 Å². The molecule has 1 aromatic heterocycles.